The van der Waals surface area contributed by atoms with Crippen LogP contribution in [0.1, 0.15) is 40.0 Å². The number of hydrogen-bond acceptors (Lipinski definition) is 4. The molecule has 1 amide bonds. The van der Waals surface area contributed by atoms with Gasteiger partial charge in [0, 0.05) is 13.3 Å². The van der Waals surface area contributed by atoms with Crippen LogP contribution in [0.15, 0.2) is 0 Å². The third-order valence-electron chi connectivity index (χ3n) is 5.22. The van der Waals surface area contributed by atoms with Gasteiger partial charge in [0.15, 0.2) is 0 Å². The number of nitrogens with one attached hydrogen (secondary N) is 1. The Labute approximate surface area is 122 Å². The topological polar surface area (TPSA) is 80.3 Å². The molecule has 2 aliphatic rings. The highest BCUT2D eigenvalue weighted by atomic mass is 32.2. The molecule has 0 aliphatic heterocycles. The number of sulfonamides is 1. The molecule has 5 nitrogen and oxygen atoms in total. The predicted octanol–water partition coefficient (Wildman–Crippen LogP) is 1.48. The van der Waals surface area contributed by atoms with Crippen LogP contribution in [-0.4, -0.2) is 31.8 Å². The highest BCUT2D eigenvalue weighted by Crippen LogP contribution is 2.64. The summed E-state index contributed by atoms with van der Waals surface area (Å²) in [5, 5.41) is 0. The molecule has 2 aliphatic carbocycles. The fraction of sp³-hybridized carbons (Fsp3) is 0.846. The van der Waals surface area contributed by atoms with Crippen LogP contribution in [0.25, 0.3) is 0 Å². The summed E-state index contributed by atoms with van der Waals surface area (Å²) < 4.78 is 51.1. The molecule has 1 N–H and O–H groups in total. The van der Waals surface area contributed by atoms with Crippen molar-refractivity contribution in [1.29, 1.82) is 0 Å². The van der Waals surface area contributed by atoms with E-state index in [2.05, 4.69) is 0 Å². The monoisotopic (exact) mass is 323 g/mol. The van der Waals surface area contributed by atoms with Gasteiger partial charge in [-0.05, 0) is 24.2 Å². The summed E-state index contributed by atoms with van der Waals surface area (Å²) in [4.78, 5) is 23.4. The number of Topliss-reactive ketones (excluding diaryl/α,β-unsaturated/α-hetero) is 1. The van der Waals surface area contributed by atoms with Crippen molar-refractivity contribution >= 4 is 21.7 Å². The van der Waals surface area contributed by atoms with Crippen molar-refractivity contribution in [1.82, 2.24) is 4.72 Å². The van der Waals surface area contributed by atoms with Crippen LogP contribution in [0.4, 0.5) is 8.78 Å². The van der Waals surface area contributed by atoms with Gasteiger partial charge < -0.3 is 0 Å². The van der Waals surface area contributed by atoms with Gasteiger partial charge in [0.05, 0.1) is 11.2 Å². The molecule has 2 fully saturated rings. The van der Waals surface area contributed by atoms with Crippen molar-refractivity contribution in [3.8, 4) is 0 Å². The molecule has 0 saturated heterocycles. The first-order chi connectivity index (χ1) is 9.32. The second kappa shape index (κ2) is 4.47. The van der Waals surface area contributed by atoms with Crippen LogP contribution in [0.5, 0.6) is 0 Å². The van der Waals surface area contributed by atoms with E-state index in [9.17, 15) is 26.8 Å². The summed E-state index contributed by atoms with van der Waals surface area (Å²) in [7, 11) is -4.30. The van der Waals surface area contributed by atoms with Gasteiger partial charge in [0.2, 0.25) is 10.0 Å². The average molecular weight is 323 g/mol. The van der Waals surface area contributed by atoms with E-state index in [0.29, 0.717) is 19.8 Å². The maximum atomic E-state index is 12.8. The summed E-state index contributed by atoms with van der Waals surface area (Å²) in [5.74, 6) is -6.28. The van der Waals surface area contributed by atoms with E-state index in [1.165, 1.54) is 4.72 Å². The smallest absolute Gasteiger partial charge is 0.299 e. The molecular formula is C13H19F2NO4S. The van der Waals surface area contributed by atoms with Gasteiger partial charge in [-0.15, -0.1) is 0 Å². The van der Waals surface area contributed by atoms with Crippen molar-refractivity contribution < 1.29 is 26.8 Å². The number of halogens is 2. The van der Waals surface area contributed by atoms with Crippen LogP contribution in [0.3, 0.4) is 0 Å². The molecule has 0 aromatic rings. The van der Waals surface area contributed by atoms with Crippen LogP contribution in [0, 0.1) is 16.7 Å². The molecule has 21 heavy (non-hydrogen) atoms. The molecule has 0 heterocycles. The van der Waals surface area contributed by atoms with Crippen molar-refractivity contribution in [3.63, 3.8) is 0 Å². The molecule has 2 unspecified atom stereocenters. The Morgan fingerprint density at radius 3 is 2.38 bits per heavy atom. The maximum Gasteiger partial charge on any atom is 0.322 e. The molecule has 2 saturated carbocycles. The highest BCUT2D eigenvalue weighted by molar-refractivity contribution is 7.90. The number of amides is 1. The van der Waals surface area contributed by atoms with E-state index in [0.717, 1.165) is 6.42 Å². The highest BCUT2D eigenvalue weighted by Gasteiger charge is 2.65. The van der Waals surface area contributed by atoms with Gasteiger partial charge in [-0.3, -0.25) is 9.59 Å². The van der Waals surface area contributed by atoms with E-state index in [1.807, 2.05) is 13.8 Å². The number of hydrogen-bond donors (Lipinski definition) is 1. The lowest BCUT2D eigenvalue weighted by Gasteiger charge is -2.36. The molecule has 2 atom stereocenters. The van der Waals surface area contributed by atoms with E-state index in [4.69, 9.17) is 0 Å². The van der Waals surface area contributed by atoms with Gasteiger partial charge in [-0.2, -0.15) is 8.78 Å². The molecule has 0 aromatic carbocycles. The molecule has 0 radical (unpaired) electrons. The number of fused-ring (bicyclic) bond motifs is 2. The van der Waals surface area contributed by atoms with Crippen LogP contribution in [0.2, 0.25) is 0 Å². The van der Waals surface area contributed by atoms with Gasteiger partial charge >= 0.3 is 11.8 Å². The number of carbonyl (C=O) groups is 2. The molecular weight excluding hydrogens is 304 g/mol. The molecule has 2 rings (SSSR count). The zero-order valence-corrected chi connectivity index (χ0v) is 13.0. The first kappa shape index (κ1) is 16.3. The van der Waals surface area contributed by atoms with E-state index >= 15 is 0 Å². The Bertz CT molecular complexity index is 594. The summed E-state index contributed by atoms with van der Waals surface area (Å²) in [6.07, 6.45) is 1.48. The van der Waals surface area contributed by atoms with E-state index in [-0.39, 0.29) is 11.7 Å². The van der Waals surface area contributed by atoms with Gasteiger partial charge in [-0.25, -0.2) is 13.1 Å². The lowest BCUT2D eigenvalue weighted by Crippen LogP contribution is -2.49. The number of rotatable bonds is 4. The normalized spacial score (nSPS) is 31.5. The van der Waals surface area contributed by atoms with Gasteiger partial charge in [0.25, 0.3) is 0 Å². The van der Waals surface area contributed by atoms with E-state index < -0.39 is 38.4 Å². The first-order valence-corrected chi connectivity index (χ1v) is 8.43. The Balaban J connectivity index is 2.25. The van der Waals surface area contributed by atoms with Crippen molar-refractivity contribution in [2.75, 3.05) is 5.75 Å². The van der Waals surface area contributed by atoms with Gasteiger partial charge in [-0.1, -0.05) is 13.8 Å². The molecule has 0 spiro atoms. The maximum absolute atomic E-state index is 12.8. The third-order valence-corrected chi connectivity index (χ3v) is 6.59. The third kappa shape index (κ3) is 2.47. The van der Waals surface area contributed by atoms with Crippen LogP contribution >= 0.6 is 0 Å². The minimum absolute atomic E-state index is 0.114. The summed E-state index contributed by atoms with van der Waals surface area (Å²) in [6.45, 7) is 4.00. The minimum atomic E-state index is -4.30. The Morgan fingerprint density at radius 1 is 1.43 bits per heavy atom. The van der Waals surface area contributed by atoms with Crippen molar-refractivity contribution in [3.05, 3.63) is 0 Å². The molecule has 0 aromatic heterocycles. The van der Waals surface area contributed by atoms with Crippen molar-refractivity contribution in [2.45, 2.75) is 46.0 Å². The van der Waals surface area contributed by atoms with E-state index in [1.54, 1.807) is 0 Å². The van der Waals surface area contributed by atoms with Crippen LogP contribution < -0.4 is 4.72 Å². The minimum Gasteiger partial charge on any atom is -0.299 e. The Kier molecular flexibility index (Phi) is 3.48. The summed E-state index contributed by atoms with van der Waals surface area (Å²) in [6, 6.07) is 0. The second-order valence-electron chi connectivity index (χ2n) is 6.75. The fourth-order valence-corrected chi connectivity index (χ4v) is 5.56. The fourth-order valence-electron chi connectivity index (χ4n) is 3.70. The lowest BCUT2D eigenvalue weighted by molar-refractivity contribution is -0.141. The standard InChI is InChI=1S/C13H19F2NO4S/c1-11(2)8-4-5-13(11,9(17)6-8)7-21(19,20)16-10(18)12(3,14)15/h8H,4-7H2,1-3H3,(H,16,18). The SMILES string of the molecule is CC(F)(F)C(=O)NS(=O)(=O)CC12CCC(CC1=O)C2(C)C. The average Bonchev–Trinajstić information content (AvgIpc) is 2.60. The molecule has 8 heteroatoms. The summed E-state index contributed by atoms with van der Waals surface area (Å²) >= 11 is 0. The molecule has 2 bridgehead atoms. The zero-order chi connectivity index (χ0) is 16.3. The molecule has 120 valence electrons. The second-order valence-corrected chi connectivity index (χ2v) is 8.47. The Hall–Kier alpha value is -1.05. The quantitative estimate of drug-likeness (QED) is 0.850. The lowest BCUT2D eigenvalue weighted by atomic mass is 9.70. The number of alkyl halides is 2. The number of ketones is 1. The zero-order valence-electron chi connectivity index (χ0n) is 12.2. The Morgan fingerprint density at radius 2 is 2.00 bits per heavy atom. The first-order valence-electron chi connectivity index (χ1n) is 6.78. The summed E-state index contributed by atoms with van der Waals surface area (Å²) in [5.41, 5.74) is -1.58. The largest absolute Gasteiger partial charge is 0.322 e. The number of carbonyl (C=O) groups excluding carboxylic acids is 2. The predicted molar refractivity (Wildman–Crippen MR) is 71.1 cm³/mol. The van der Waals surface area contributed by atoms with Crippen LogP contribution in [-0.2, 0) is 19.6 Å². The van der Waals surface area contributed by atoms with Crippen molar-refractivity contribution in [2.24, 2.45) is 16.7 Å². The van der Waals surface area contributed by atoms with Gasteiger partial charge in [0.1, 0.15) is 5.78 Å².